The number of methoxy groups -OCH3 is 2. The number of ether oxygens (including phenoxy) is 2. The molecule has 0 aliphatic carbocycles. The maximum absolute atomic E-state index is 10.2. The maximum atomic E-state index is 10.2. The molecule has 1 N–H and O–H groups in total. The van der Waals surface area contributed by atoms with Crippen LogP contribution >= 0.6 is 0 Å². The molecule has 0 unspecified atom stereocenters. The molecule has 0 aromatic rings. The predicted molar refractivity (Wildman–Crippen MR) is 44.9 cm³/mol. The highest BCUT2D eigenvalue weighted by molar-refractivity contribution is 5.74. The fourth-order valence-corrected chi connectivity index (χ4v) is 0.258. The number of hydrogen-bond donors (Lipinski definition) is 1. The molecule has 0 amide bonds. The summed E-state index contributed by atoms with van der Waals surface area (Å²) in [6.45, 7) is 5.75. The van der Waals surface area contributed by atoms with E-state index in [0.717, 1.165) is 0 Å². The lowest BCUT2D eigenvalue weighted by Gasteiger charge is -2.19. The SMILES string of the molecule is C=C(C)[O-].COC(C)(OC)C(=O)O. The minimum absolute atomic E-state index is 0.0833. The second kappa shape index (κ2) is 6.45. The van der Waals surface area contributed by atoms with Gasteiger partial charge in [0.25, 0.3) is 5.79 Å². The molecule has 0 saturated heterocycles. The lowest BCUT2D eigenvalue weighted by molar-refractivity contribution is -0.300. The minimum atomic E-state index is -1.50. The second-order valence-electron chi connectivity index (χ2n) is 2.36. The first kappa shape index (κ1) is 14.5. The fourth-order valence-electron chi connectivity index (χ4n) is 0.258. The van der Waals surface area contributed by atoms with Crippen molar-refractivity contribution in [3.8, 4) is 0 Å². The third kappa shape index (κ3) is 7.30. The largest absolute Gasteiger partial charge is 0.876 e. The molecule has 0 aliphatic heterocycles. The lowest BCUT2D eigenvalue weighted by Crippen LogP contribution is -2.39. The lowest BCUT2D eigenvalue weighted by atomic mass is 10.3. The molecule has 0 aromatic heterocycles. The molecule has 0 aliphatic rings. The Labute approximate surface area is 77.6 Å². The number of aliphatic carboxylic acids is 1. The molecule has 0 fully saturated rings. The third-order valence-corrected chi connectivity index (χ3v) is 1.17. The first-order valence-electron chi connectivity index (χ1n) is 3.46. The van der Waals surface area contributed by atoms with Gasteiger partial charge in [-0.3, -0.25) is 0 Å². The number of hydrogen-bond acceptors (Lipinski definition) is 4. The predicted octanol–water partition coefficient (Wildman–Crippen LogP) is -0.0397. The van der Waals surface area contributed by atoms with Crippen LogP contribution in [-0.2, 0) is 14.3 Å². The molecule has 0 atom stereocenters. The van der Waals surface area contributed by atoms with Gasteiger partial charge in [-0.05, 0) is 0 Å². The van der Waals surface area contributed by atoms with Crippen LogP contribution in [0, 0.1) is 0 Å². The highest BCUT2D eigenvalue weighted by Gasteiger charge is 2.32. The van der Waals surface area contributed by atoms with Crippen LogP contribution < -0.4 is 5.11 Å². The van der Waals surface area contributed by atoms with E-state index in [1.165, 1.54) is 28.1 Å². The molecular weight excluding hydrogens is 176 g/mol. The van der Waals surface area contributed by atoms with E-state index in [2.05, 4.69) is 16.1 Å². The summed E-state index contributed by atoms with van der Waals surface area (Å²) in [5, 5.41) is 17.7. The molecule has 0 aromatic carbocycles. The summed E-state index contributed by atoms with van der Waals surface area (Å²) in [6.07, 6.45) is 0. The van der Waals surface area contributed by atoms with Crippen LogP contribution in [0.1, 0.15) is 13.8 Å². The summed E-state index contributed by atoms with van der Waals surface area (Å²) in [4.78, 5) is 10.2. The Morgan fingerprint density at radius 3 is 1.69 bits per heavy atom. The Balaban J connectivity index is 0. The van der Waals surface area contributed by atoms with Crippen LogP contribution in [0.15, 0.2) is 12.3 Å². The van der Waals surface area contributed by atoms with Gasteiger partial charge in [0.1, 0.15) is 0 Å². The van der Waals surface area contributed by atoms with Crippen molar-refractivity contribution in [3.05, 3.63) is 12.3 Å². The van der Waals surface area contributed by atoms with E-state index in [1.54, 1.807) is 0 Å². The average Bonchev–Trinajstić information content (AvgIpc) is 2.01. The van der Waals surface area contributed by atoms with Crippen molar-refractivity contribution < 1.29 is 24.5 Å². The van der Waals surface area contributed by atoms with E-state index in [9.17, 15) is 9.90 Å². The van der Waals surface area contributed by atoms with E-state index < -0.39 is 11.8 Å². The zero-order valence-electron chi connectivity index (χ0n) is 8.29. The highest BCUT2D eigenvalue weighted by atomic mass is 16.7. The van der Waals surface area contributed by atoms with Crippen molar-refractivity contribution in [1.29, 1.82) is 0 Å². The van der Waals surface area contributed by atoms with Gasteiger partial charge in [0.15, 0.2) is 0 Å². The molecule has 0 rings (SSSR count). The van der Waals surface area contributed by atoms with Gasteiger partial charge < -0.3 is 19.7 Å². The summed E-state index contributed by atoms with van der Waals surface area (Å²) >= 11 is 0. The van der Waals surface area contributed by atoms with Crippen LogP contribution in [0.5, 0.6) is 0 Å². The van der Waals surface area contributed by atoms with Crippen LogP contribution in [0.4, 0.5) is 0 Å². The van der Waals surface area contributed by atoms with Gasteiger partial charge in [0.2, 0.25) is 0 Å². The van der Waals surface area contributed by atoms with Crippen molar-refractivity contribution in [3.63, 3.8) is 0 Å². The van der Waals surface area contributed by atoms with Crippen molar-refractivity contribution in [1.82, 2.24) is 0 Å². The zero-order chi connectivity index (χ0) is 11.1. The standard InChI is InChI=1S/C5H10O4.C3H6O/c1-5(8-2,9-3)4(6)7;1-3(2)4/h1-3H3,(H,6,7);4H,1H2,2H3/p-1. The summed E-state index contributed by atoms with van der Waals surface area (Å²) in [7, 11) is 2.55. The number of carbonyl (C=O) groups is 1. The molecule has 5 heteroatoms. The van der Waals surface area contributed by atoms with Crippen LogP contribution in [0.25, 0.3) is 0 Å². The van der Waals surface area contributed by atoms with Crippen molar-refractivity contribution in [2.45, 2.75) is 19.6 Å². The van der Waals surface area contributed by atoms with E-state index in [4.69, 9.17) is 5.11 Å². The van der Waals surface area contributed by atoms with Crippen LogP contribution in [0.3, 0.4) is 0 Å². The van der Waals surface area contributed by atoms with E-state index in [1.807, 2.05) is 0 Å². The third-order valence-electron chi connectivity index (χ3n) is 1.17. The van der Waals surface area contributed by atoms with Gasteiger partial charge in [-0.25, -0.2) is 4.79 Å². The monoisotopic (exact) mass is 191 g/mol. The molecule has 0 heterocycles. The van der Waals surface area contributed by atoms with Crippen molar-refractivity contribution in [2.75, 3.05) is 14.2 Å². The molecule has 13 heavy (non-hydrogen) atoms. The Hall–Kier alpha value is -1.07. The molecule has 0 bridgehead atoms. The zero-order valence-corrected chi connectivity index (χ0v) is 8.29. The van der Waals surface area contributed by atoms with Crippen molar-refractivity contribution in [2.24, 2.45) is 0 Å². The topological polar surface area (TPSA) is 78.8 Å². The van der Waals surface area contributed by atoms with E-state index in [-0.39, 0.29) is 5.76 Å². The molecule has 78 valence electrons. The van der Waals surface area contributed by atoms with Gasteiger partial charge in [-0.15, -0.1) is 12.3 Å². The Morgan fingerprint density at radius 2 is 1.69 bits per heavy atom. The van der Waals surface area contributed by atoms with Crippen LogP contribution in [-0.4, -0.2) is 31.1 Å². The van der Waals surface area contributed by atoms with Gasteiger partial charge in [-0.1, -0.05) is 6.92 Å². The molecule has 0 saturated carbocycles. The van der Waals surface area contributed by atoms with Gasteiger partial charge in [0, 0.05) is 21.1 Å². The molecule has 5 nitrogen and oxygen atoms in total. The smallest absolute Gasteiger partial charge is 0.364 e. The summed E-state index contributed by atoms with van der Waals surface area (Å²) in [5.41, 5.74) is 0. The summed E-state index contributed by atoms with van der Waals surface area (Å²) in [5.74, 6) is -2.72. The Bertz CT molecular complexity index is 167. The van der Waals surface area contributed by atoms with Gasteiger partial charge >= 0.3 is 5.97 Å². The number of carboxylic acids is 1. The van der Waals surface area contributed by atoms with Gasteiger partial charge in [-0.2, -0.15) is 0 Å². The maximum Gasteiger partial charge on any atom is 0.364 e. The Kier molecular flexibility index (Phi) is 7.17. The molecule has 0 spiro atoms. The Morgan fingerprint density at radius 1 is 1.46 bits per heavy atom. The first-order chi connectivity index (χ1) is 5.80. The summed E-state index contributed by atoms with van der Waals surface area (Å²) < 4.78 is 9.05. The van der Waals surface area contributed by atoms with Crippen LogP contribution in [0.2, 0.25) is 0 Å². The van der Waals surface area contributed by atoms with Gasteiger partial charge in [0.05, 0.1) is 0 Å². The molecular formula is C8H15O5-. The average molecular weight is 191 g/mol. The number of rotatable bonds is 3. The number of carboxylic acid groups (broad SMARTS) is 1. The number of allylic oxidation sites excluding steroid dienone is 1. The normalized spacial score (nSPS) is 9.85. The highest BCUT2D eigenvalue weighted by Crippen LogP contribution is 2.08. The minimum Gasteiger partial charge on any atom is -0.876 e. The van der Waals surface area contributed by atoms with E-state index >= 15 is 0 Å². The molecule has 0 radical (unpaired) electrons. The van der Waals surface area contributed by atoms with E-state index in [0.29, 0.717) is 0 Å². The quantitative estimate of drug-likeness (QED) is 0.500. The van der Waals surface area contributed by atoms with Crippen molar-refractivity contribution >= 4 is 5.97 Å². The second-order valence-corrected chi connectivity index (χ2v) is 2.36. The fraction of sp³-hybridized carbons (Fsp3) is 0.625. The summed E-state index contributed by atoms with van der Waals surface area (Å²) in [6, 6.07) is 0. The first-order valence-corrected chi connectivity index (χ1v) is 3.46.